The van der Waals surface area contributed by atoms with E-state index in [2.05, 4.69) is 5.32 Å². The average Bonchev–Trinajstić information content (AvgIpc) is 2.95. The van der Waals surface area contributed by atoms with E-state index >= 15 is 0 Å². The first-order valence-corrected chi connectivity index (χ1v) is 9.36. The van der Waals surface area contributed by atoms with E-state index in [4.69, 9.17) is 0 Å². The van der Waals surface area contributed by atoms with Crippen molar-refractivity contribution in [2.45, 2.75) is 39.2 Å². The number of carbonyl (C=O) groups excluding carboxylic acids is 2. The molecule has 0 spiro atoms. The Morgan fingerprint density at radius 2 is 1.62 bits per heavy atom. The minimum Gasteiger partial charge on any atom is -0.348 e. The highest BCUT2D eigenvalue weighted by molar-refractivity contribution is 5.95. The molecule has 26 heavy (non-hydrogen) atoms. The van der Waals surface area contributed by atoms with E-state index in [0.29, 0.717) is 12.1 Å². The van der Waals surface area contributed by atoms with Crippen LogP contribution < -0.4 is 5.32 Å². The zero-order valence-corrected chi connectivity index (χ0v) is 15.3. The first kappa shape index (κ1) is 18.2. The molecular weight excluding hydrogens is 324 g/mol. The minimum absolute atomic E-state index is 0.0848. The van der Waals surface area contributed by atoms with Gasteiger partial charge < -0.3 is 10.2 Å². The average molecular weight is 350 g/mol. The van der Waals surface area contributed by atoms with Crippen LogP contribution in [0.5, 0.6) is 0 Å². The summed E-state index contributed by atoms with van der Waals surface area (Å²) in [5.41, 5.74) is 3.44. The summed E-state index contributed by atoms with van der Waals surface area (Å²) < 4.78 is 0. The van der Waals surface area contributed by atoms with Gasteiger partial charge in [-0.25, -0.2) is 0 Å². The van der Waals surface area contributed by atoms with Gasteiger partial charge in [0.1, 0.15) is 0 Å². The summed E-state index contributed by atoms with van der Waals surface area (Å²) in [4.78, 5) is 26.8. The summed E-state index contributed by atoms with van der Waals surface area (Å²) in [5.74, 6) is 0.0284. The molecule has 0 bridgehead atoms. The predicted octanol–water partition coefficient (Wildman–Crippen LogP) is 3.94. The molecule has 1 aliphatic rings. The third-order valence-corrected chi connectivity index (χ3v) is 4.83. The lowest BCUT2D eigenvalue weighted by molar-refractivity contribution is 0.0761. The molecule has 1 N–H and O–H groups in total. The lowest BCUT2D eigenvalue weighted by Gasteiger charge is -2.20. The third kappa shape index (κ3) is 4.72. The van der Waals surface area contributed by atoms with Crippen LogP contribution in [0.15, 0.2) is 48.5 Å². The van der Waals surface area contributed by atoms with Crippen LogP contribution in [-0.4, -0.2) is 29.8 Å². The van der Waals surface area contributed by atoms with E-state index in [1.165, 1.54) is 12.8 Å². The van der Waals surface area contributed by atoms with Crippen molar-refractivity contribution in [1.82, 2.24) is 10.2 Å². The summed E-state index contributed by atoms with van der Waals surface area (Å²) in [7, 11) is 0. The van der Waals surface area contributed by atoms with Crippen molar-refractivity contribution in [2.24, 2.45) is 0 Å². The molecule has 4 nitrogen and oxygen atoms in total. The van der Waals surface area contributed by atoms with Gasteiger partial charge in [-0.3, -0.25) is 9.59 Å². The van der Waals surface area contributed by atoms with Crippen LogP contribution in [0, 0.1) is 6.92 Å². The van der Waals surface area contributed by atoms with Crippen LogP contribution in [0.3, 0.4) is 0 Å². The van der Waals surface area contributed by atoms with Crippen molar-refractivity contribution >= 4 is 11.8 Å². The smallest absolute Gasteiger partial charge is 0.253 e. The van der Waals surface area contributed by atoms with Crippen molar-refractivity contribution in [1.29, 1.82) is 0 Å². The standard InChI is InChI=1S/C22H26N2O2/c1-17-7-6-8-20(15-17)21(25)23-16-18-9-11-19(12-10-18)22(26)24-13-4-2-3-5-14-24/h6-12,15H,2-5,13-14,16H2,1H3,(H,23,25). The molecule has 136 valence electrons. The van der Waals surface area contributed by atoms with E-state index < -0.39 is 0 Å². The summed E-state index contributed by atoms with van der Waals surface area (Å²) in [6, 6.07) is 15.1. The van der Waals surface area contributed by atoms with Gasteiger partial charge in [0.2, 0.25) is 0 Å². The van der Waals surface area contributed by atoms with Crippen LogP contribution in [0.25, 0.3) is 0 Å². The molecule has 0 atom stereocenters. The molecule has 1 fully saturated rings. The molecule has 1 heterocycles. The van der Waals surface area contributed by atoms with Crippen molar-refractivity contribution < 1.29 is 9.59 Å². The molecular formula is C22H26N2O2. The maximum Gasteiger partial charge on any atom is 0.253 e. The topological polar surface area (TPSA) is 49.4 Å². The number of nitrogens with zero attached hydrogens (tertiary/aromatic N) is 1. The Kier molecular flexibility index (Phi) is 6.05. The van der Waals surface area contributed by atoms with Gasteiger partial charge in [0.15, 0.2) is 0 Å². The van der Waals surface area contributed by atoms with E-state index in [0.717, 1.165) is 42.6 Å². The number of hydrogen-bond acceptors (Lipinski definition) is 2. The Morgan fingerprint density at radius 3 is 2.27 bits per heavy atom. The van der Waals surface area contributed by atoms with Gasteiger partial charge in [-0.05, 0) is 49.6 Å². The van der Waals surface area contributed by atoms with Gasteiger partial charge in [-0.15, -0.1) is 0 Å². The normalized spacial score (nSPS) is 14.6. The lowest BCUT2D eigenvalue weighted by Crippen LogP contribution is -2.31. The first-order valence-electron chi connectivity index (χ1n) is 9.36. The molecule has 0 aliphatic carbocycles. The second kappa shape index (κ2) is 8.65. The highest BCUT2D eigenvalue weighted by Crippen LogP contribution is 2.14. The molecule has 1 aliphatic heterocycles. The molecule has 0 saturated carbocycles. The Bertz CT molecular complexity index is 760. The predicted molar refractivity (Wildman–Crippen MR) is 103 cm³/mol. The number of amides is 2. The second-order valence-electron chi connectivity index (χ2n) is 6.96. The molecule has 0 radical (unpaired) electrons. The molecule has 2 aromatic carbocycles. The molecule has 4 heteroatoms. The SMILES string of the molecule is Cc1cccc(C(=O)NCc2ccc(C(=O)N3CCCCCC3)cc2)c1. The van der Waals surface area contributed by atoms with Crippen LogP contribution in [0.4, 0.5) is 0 Å². The second-order valence-corrected chi connectivity index (χ2v) is 6.96. The fourth-order valence-electron chi connectivity index (χ4n) is 3.29. The lowest BCUT2D eigenvalue weighted by atomic mass is 10.1. The number of benzene rings is 2. The Labute approximate surface area is 155 Å². The summed E-state index contributed by atoms with van der Waals surface area (Å²) >= 11 is 0. The number of hydrogen-bond donors (Lipinski definition) is 1. The van der Waals surface area contributed by atoms with Crippen LogP contribution >= 0.6 is 0 Å². The van der Waals surface area contributed by atoms with Gasteiger partial charge in [-0.1, -0.05) is 42.7 Å². The van der Waals surface area contributed by atoms with Crippen molar-refractivity contribution in [3.8, 4) is 0 Å². The van der Waals surface area contributed by atoms with Crippen LogP contribution in [-0.2, 0) is 6.54 Å². The summed E-state index contributed by atoms with van der Waals surface area (Å²) in [5, 5.41) is 2.93. The minimum atomic E-state index is -0.0848. The Hall–Kier alpha value is -2.62. The molecule has 1 saturated heterocycles. The van der Waals surface area contributed by atoms with E-state index in [9.17, 15) is 9.59 Å². The zero-order chi connectivity index (χ0) is 18.4. The number of rotatable bonds is 4. The maximum absolute atomic E-state index is 12.6. The van der Waals surface area contributed by atoms with E-state index in [-0.39, 0.29) is 11.8 Å². The van der Waals surface area contributed by atoms with Gasteiger partial charge in [0.05, 0.1) is 0 Å². The number of carbonyl (C=O) groups is 2. The highest BCUT2D eigenvalue weighted by atomic mass is 16.2. The van der Waals surface area contributed by atoms with E-state index in [1.807, 2.05) is 60.4 Å². The first-order chi connectivity index (χ1) is 12.6. The number of nitrogens with one attached hydrogen (secondary N) is 1. The maximum atomic E-state index is 12.6. The molecule has 2 amide bonds. The van der Waals surface area contributed by atoms with Gasteiger partial charge in [0, 0.05) is 30.8 Å². The van der Waals surface area contributed by atoms with Crippen LogP contribution in [0.1, 0.15) is 57.5 Å². The van der Waals surface area contributed by atoms with Gasteiger partial charge >= 0.3 is 0 Å². The number of likely N-dealkylation sites (tertiary alicyclic amines) is 1. The quantitative estimate of drug-likeness (QED) is 0.908. The molecule has 0 aromatic heterocycles. The zero-order valence-electron chi connectivity index (χ0n) is 15.3. The van der Waals surface area contributed by atoms with Crippen molar-refractivity contribution in [2.75, 3.05) is 13.1 Å². The summed E-state index contributed by atoms with van der Waals surface area (Å²) in [6.45, 7) is 4.13. The highest BCUT2D eigenvalue weighted by Gasteiger charge is 2.17. The molecule has 3 rings (SSSR count). The Balaban J connectivity index is 1.57. The summed E-state index contributed by atoms with van der Waals surface area (Å²) in [6.07, 6.45) is 4.61. The third-order valence-electron chi connectivity index (χ3n) is 4.83. The van der Waals surface area contributed by atoms with Crippen LogP contribution in [0.2, 0.25) is 0 Å². The monoisotopic (exact) mass is 350 g/mol. The van der Waals surface area contributed by atoms with Gasteiger partial charge in [0.25, 0.3) is 11.8 Å². The van der Waals surface area contributed by atoms with Crippen molar-refractivity contribution in [3.05, 3.63) is 70.8 Å². The van der Waals surface area contributed by atoms with E-state index in [1.54, 1.807) is 0 Å². The largest absolute Gasteiger partial charge is 0.348 e. The number of aryl methyl sites for hydroxylation is 1. The van der Waals surface area contributed by atoms with Gasteiger partial charge in [-0.2, -0.15) is 0 Å². The fourth-order valence-corrected chi connectivity index (χ4v) is 3.29. The Morgan fingerprint density at radius 1 is 0.923 bits per heavy atom. The fraction of sp³-hybridized carbons (Fsp3) is 0.364. The van der Waals surface area contributed by atoms with Crippen molar-refractivity contribution in [3.63, 3.8) is 0 Å². The molecule has 0 unspecified atom stereocenters. The molecule has 2 aromatic rings.